The van der Waals surface area contributed by atoms with E-state index < -0.39 is 10.0 Å². The Balaban J connectivity index is 1.48. The first-order valence-corrected chi connectivity index (χ1v) is 12.2. The number of morpholine rings is 1. The lowest BCUT2D eigenvalue weighted by molar-refractivity contribution is -0.126. The van der Waals surface area contributed by atoms with E-state index in [9.17, 15) is 13.2 Å². The molecule has 0 bridgehead atoms. The predicted octanol–water partition coefficient (Wildman–Crippen LogP) is 1.58. The normalized spacial score (nSPS) is 26.9. The van der Waals surface area contributed by atoms with Crippen LogP contribution in [0.4, 0.5) is 0 Å². The molecular weight excluding hydrogens is 390 g/mol. The van der Waals surface area contributed by atoms with Crippen molar-refractivity contribution in [1.82, 2.24) is 14.5 Å². The van der Waals surface area contributed by atoms with Crippen LogP contribution in [0.15, 0.2) is 24.3 Å². The molecule has 1 aromatic carbocycles. The molecule has 7 nitrogen and oxygen atoms in total. The quantitative estimate of drug-likeness (QED) is 0.752. The van der Waals surface area contributed by atoms with E-state index in [4.69, 9.17) is 4.74 Å². The van der Waals surface area contributed by atoms with Crippen LogP contribution in [0.1, 0.15) is 37.8 Å². The van der Waals surface area contributed by atoms with Crippen LogP contribution in [0.2, 0.25) is 0 Å². The zero-order chi connectivity index (χ0) is 21.0. The molecule has 1 N–H and O–H groups in total. The maximum Gasteiger partial charge on any atom is 0.224 e. The number of hydrogen-bond acceptors (Lipinski definition) is 5. The molecule has 2 saturated heterocycles. The van der Waals surface area contributed by atoms with Crippen LogP contribution in [-0.2, 0) is 32.6 Å². The minimum Gasteiger partial charge on any atom is -0.373 e. The van der Waals surface area contributed by atoms with Gasteiger partial charge in [-0.1, -0.05) is 24.3 Å². The molecule has 3 rings (SSSR count). The number of benzene rings is 1. The van der Waals surface area contributed by atoms with Crippen molar-refractivity contribution in [3.8, 4) is 0 Å². The highest BCUT2D eigenvalue weighted by atomic mass is 32.2. The summed E-state index contributed by atoms with van der Waals surface area (Å²) in [5.74, 6) is -0.346. The Morgan fingerprint density at radius 3 is 2.34 bits per heavy atom. The van der Waals surface area contributed by atoms with Crippen molar-refractivity contribution < 1.29 is 17.9 Å². The average molecular weight is 424 g/mol. The molecule has 0 aliphatic carbocycles. The third kappa shape index (κ3) is 6.50. The Bertz CT molecular complexity index is 787. The van der Waals surface area contributed by atoms with Gasteiger partial charge in [-0.2, -0.15) is 0 Å². The summed E-state index contributed by atoms with van der Waals surface area (Å²) in [6.45, 7) is 8.23. The smallest absolute Gasteiger partial charge is 0.224 e. The van der Waals surface area contributed by atoms with Gasteiger partial charge in [0.05, 0.1) is 24.4 Å². The Hall–Kier alpha value is -1.48. The third-order valence-corrected chi connectivity index (χ3v) is 6.88. The Morgan fingerprint density at radius 1 is 1.10 bits per heavy atom. The highest BCUT2D eigenvalue weighted by Gasteiger charge is 2.30. The lowest BCUT2D eigenvalue weighted by atomic mass is 9.98. The van der Waals surface area contributed by atoms with Crippen molar-refractivity contribution in [2.24, 2.45) is 5.92 Å². The summed E-state index contributed by atoms with van der Waals surface area (Å²) in [5.41, 5.74) is 2.29. The van der Waals surface area contributed by atoms with Crippen LogP contribution in [-0.4, -0.2) is 68.2 Å². The standard InChI is InChI=1S/C21H33N3O4S/c1-16-12-23(13-17(2)28-16)14-19-8-6-18(7-9-19)11-22-21(25)20-5-4-10-24(15-20)29(3,26)27/h6-9,16-17,20H,4-5,10-15H2,1-3H3,(H,22,25). The van der Waals surface area contributed by atoms with E-state index in [0.717, 1.165) is 38.0 Å². The zero-order valence-electron chi connectivity index (χ0n) is 17.6. The van der Waals surface area contributed by atoms with Gasteiger partial charge in [-0.25, -0.2) is 12.7 Å². The predicted molar refractivity (Wildman–Crippen MR) is 113 cm³/mol. The minimum atomic E-state index is -3.24. The van der Waals surface area contributed by atoms with E-state index in [1.807, 2.05) is 12.1 Å². The van der Waals surface area contributed by atoms with Gasteiger partial charge in [0, 0.05) is 39.3 Å². The SMILES string of the molecule is CC1CN(Cc2ccc(CNC(=O)C3CCCN(S(C)(=O)=O)C3)cc2)CC(C)O1. The lowest BCUT2D eigenvalue weighted by Crippen LogP contribution is -2.45. The van der Waals surface area contributed by atoms with Gasteiger partial charge in [0.1, 0.15) is 0 Å². The van der Waals surface area contributed by atoms with Gasteiger partial charge in [-0.15, -0.1) is 0 Å². The summed E-state index contributed by atoms with van der Waals surface area (Å²) in [5, 5.41) is 2.97. The number of sulfonamides is 1. The second-order valence-electron chi connectivity index (χ2n) is 8.45. The van der Waals surface area contributed by atoms with E-state index >= 15 is 0 Å². The summed E-state index contributed by atoms with van der Waals surface area (Å²) in [4.78, 5) is 14.9. The first kappa shape index (κ1) is 22.2. The number of amides is 1. The van der Waals surface area contributed by atoms with E-state index in [1.165, 1.54) is 16.1 Å². The van der Waals surface area contributed by atoms with Crippen molar-refractivity contribution in [1.29, 1.82) is 0 Å². The fraction of sp³-hybridized carbons (Fsp3) is 0.667. The largest absolute Gasteiger partial charge is 0.373 e. The minimum absolute atomic E-state index is 0.0706. The molecule has 2 fully saturated rings. The number of carbonyl (C=O) groups excluding carboxylic acids is 1. The van der Waals surface area contributed by atoms with Crippen molar-refractivity contribution in [2.75, 3.05) is 32.4 Å². The molecule has 1 aromatic rings. The van der Waals surface area contributed by atoms with Gasteiger partial charge in [-0.3, -0.25) is 9.69 Å². The molecule has 8 heteroatoms. The third-order valence-electron chi connectivity index (χ3n) is 5.62. The molecule has 3 unspecified atom stereocenters. The Morgan fingerprint density at radius 2 is 1.72 bits per heavy atom. The van der Waals surface area contributed by atoms with Gasteiger partial charge in [0.15, 0.2) is 0 Å². The number of nitrogens with one attached hydrogen (secondary N) is 1. The molecule has 0 aromatic heterocycles. The van der Waals surface area contributed by atoms with Crippen LogP contribution in [0.3, 0.4) is 0 Å². The van der Waals surface area contributed by atoms with Crippen LogP contribution in [0.25, 0.3) is 0 Å². The summed E-state index contributed by atoms with van der Waals surface area (Å²) in [6, 6.07) is 8.32. The van der Waals surface area contributed by atoms with E-state index in [1.54, 1.807) is 0 Å². The first-order chi connectivity index (χ1) is 13.7. The van der Waals surface area contributed by atoms with Crippen molar-refractivity contribution in [3.05, 3.63) is 35.4 Å². The van der Waals surface area contributed by atoms with Gasteiger partial charge in [0.2, 0.25) is 15.9 Å². The molecule has 162 valence electrons. The van der Waals surface area contributed by atoms with Crippen molar-refractivity contribution in [2.45, 2.75) is 52.0 Å². The zero-order valence-corrected chi connectivity index (χ0v) is 18.5. The number of ether oxygens (including phenoxy) is 1. The van der Waals surface area contributed by atoms with Crippen molar-refractivity contribution in [3.63, 3.8) is 0 Å². The fourth-order valence-electron chi connectivity index (χ4n) is 4.23. The molecule has 2 heterocycles. The fourth-order valence-corrected chi connectivity index (χ4v) is 5.14. The van der Waals surface area contributed by atoms with E-state index in [-0.39, 0.29) is 30.6 Å². The number of hydrogen-bond donors (Lipinski definition) is 1. The number of rotatable bonds is 6. The molecule has 29 heavy (non-hydrogen) atoms. The van der Waals surface area contributed by atoms with Crippen LogP contribution >= 0.6 is 0 Å². The second-order valence-corrected chi connectivity index (χ2v) is 10.4. The van der Waals surface area contributed by atoms with Crippen LogP contribution in [0, 0.1) is 5.92 Å². The molecule has 0 saturated carbocycles. The summed E-state index contributed by atoms with van der Waals surface area (Å²) < 4.78 is 30.6. The molecule has 0 spiro atoms. The van der Waals surface area contributed by atoms with Gasteiger partial charge >= 0.3 is 0 Å². The maximum atomic E-state index is 12.5. The van der Waals surface area contributed by atoms with Gasteiger partial charge in [-0.05, 0) is 37.8 Å². The molecule has 2 aliphatic heterocycles. The van der Waals surface area contributed by atoms with Gasteiger partial charge in [0.25, 0.3) is 0 Å². The number of nitrogens with zero attached hydrogens (tertiary/aromatic N) is 2. The molecule has 1 amide bonds. The molecular formula is C21H33N3O4S. The molecule has 2 aliphatic rings. The Kier molecular flexibility index (Phi) is 7.32. The molecule has 0 radical (unpaired) electrons. The highest BCUT2D eigenvalue weighted by Crippen LogP contribution is 2.19. The summed E-state index contributed by atoms with van der Waals surface area (Å²) in [7, 11) is -3.24. The monoisotopic (exact) mass is 423 g/mol. The first-order valence-electron chi connectivity index (χ1n) is 10.4. The second kappa shape index (κ2) is 9.55. The van der Waals surface area contributed by atoms with Crippen LogP contribution in [0.5, 0.6) is 0 Å². The number of carbonyl (C=O) groups is 1. The average Bonchev–Trinajstić information content (AvgIpc) is 2.66. The summed E-state index contributed by atoms with van der Waals surface area (Å²) >= 11 is 0. The highest BCUT2D eigenvalue weighted by molar-refractivity contribution is 7.88. The Labute approximate surface area is 174 Å². The number of piperidine rings is 1. The van der Waals surface area contributed by atoms with Crippen molar-refractivity contribution >= 4 is 15.9 Å². The lowest BCUT2D eigenvalue weighted by Gasteiger charge is -2.35. The maximum absolute atomic E-state index is 12.5. The summed E-state index contributed by atoms with van der Waals surface area (Å²) in [6.07, 6.45) is 3.16. The van der Waals surface area contributed by atoms with Crippen LogP contribution < -0.4 is 5.32 Å². The topological polar surface area (TPSA) is 79.0 Å². The van der Waals surface area contributed by atoms with E-state index in [0.29, 0.717) is 13.1 Å². The molecule has 3 atom stereocenters. The van der Waals surface area contributed by atoms with E-state index in [2.05, 4.69) is 36.2 Å². The van der Waals surface area contributed by atoms with Gasteiger partial charge < -0.3 is 10.1 Å².